The summed E-state index contributed by atoms with van der Waals surface area (Å²) in [5.41, 5.74) is 1.81. The lowest BCUT2D eigenvalue weighted by molar-refractivity contribution is -0.127. The van der Waals surface area contributed by atoms with Gasteiger partial charge in [0, 0.05) is 0 Å². The Morgan fingerprint density at radius 1 is 1.21 bits per heavy atom. The van der Waals surface area contributed by atoms with Crippen molar-refractivity contribution < 1.29 is 24.2 Å². The van der Waals surface area contributed by atoms with Crippen LogP contribution in [0.1, 0.15) is 11.1 Å². The fourth-order valence-corrected chi connectivity index (χ4v) is 3.41. The van der Waals surface area contributed by atoms with E-state index in [2.05, 4.69) is 5.32 Å². The van der Waals surface area contributed by atoms with E-state index in [1.807, 2.05) is 6.92 Å². The summed E-state index contributed by atoms with van der Waals surface area (Å²) in [5.74, 6) is -0.517. The molecule has 0 atom stereocenters. The monoisotopic (exact) mass is 398 g/mol. The number of imide groups is 1. The van der Waals surface area contributed by atoms with Gasteiger partial charge in [-0.2, -0.15) is 0 Å². The molecule has 0 radical (unpaired) electrons. The number of benzene rings is 2. The largest absolute Gasteiger partial charge is 0.506 e. The number of nitrogens with zero attached hydrogens (tertiary/aromatic N) is 1. The molecule has 8 heteroatoms. The molecule has 0 saturated carbocycles. The van der Waals surface area contributed by atoms with Crippen LogP contribution in [0.3, 0.4) is 0 Å². The van der Waals surface area contributed by atoms with Gasteiger partial charge in [0.15, 0.2) is 0 Å². The van der Waals surface area contributed by atoms with E-state index in [4.69, 9.17) is 4.74 Å². The number of anilines is 1. The van der Waals surface area contributed by atoms with Crippen LogP contribution in [0.2, 0.25) is 0 Å². The number of phenols is 1. The van der Waals surface area contributed by atoms with Gasteiger partial charge in [-0.3, -0.25) is 19.3 Å². The number of methoxy groups -OCH3 is 1. The van der Waals surface area contributed by atoms with Crippen molar-refractivity contribution in [1.29, 1.82) is 0 Å². The Balaban J connectivity index is 1.70. The van der Waals surface area contributed by atoms with Crippen molar-refractivity contribution in [3.8, 4) is 11.5 Å². The summed E-state index contributed by atoms with van der Waals surface area (Å²) < 4.78 is 5.09. The van der Waals surface area contributed by atoms with Crippen molar-refractivity contribution >= 4 is 40.6 Å². The minimum absolute atomic E-state index is 0.0903. The molecular weight excluding hydrogens is 380 g/mol. The highest BCUT2D eigenvalue weighted by Crippen LogP contribution is 2.32. The highest BCUT2D eigenvalue weighted by molar-refractivity contribution is 8.18. The normalized spacial score (nSPS) is 15.2. The predicted octanol–water partition coefficient (Wildman–Crippen LogP) is 3.38. The first-order valence-corrected chi connectivity index (χ1v) is 9.18. The molecule has 1 saturated heterocycles. The van der Waals surface area contributed by atoms with Crippen molar-refractivity contribution in [2.24, 2.45) is 0 Å². The molecule has 3 rings (SSSR count). The van der Waals surface area contributed by atoms with Gasteiger partial charge in [0.05, 0.1) is 17.7 Å². The van der Waals surface area contributed by atoms with Gasteiger partial charge < -0.3 is 15.2 Å². The van der Waals surface area contributed by atoms with Gasteiger partial charge in [0.2, 0.25) is 5.91 Å². The fourth-order valence-electron chi connectivity index (χ4n) is 2.57. The number of aryl methyl sites for hydroxylation is 1. The summed E-state index contributed by atoms with van der Waals surface area (Å²) >= 11 is 0.778. The molecule has 7 nitrogen and oxygen atoms in total. The Morgan fingerprint density at radius 2 is 1.93 bits per heavy atom. The van der Waals surface area contributed by atoms with Crippen LogP contribution in [0.5, 0.6) is 11.5 Å². The quantitative estimate of drug-likeness (QED) is 0.592. The molecule has 144 valence electrons. The molecule has 28 heavy (non-hydrogen) atoms. The first kappa shape index (κ1) is 19.5. The van der Waals surface area contributed by atoms with Crippen LogP contribution >= 0.6 is 11.8 Å². The smallest absolute Gasteiger partial charge is 0.294 e. The van der Waals surface area contributed by atoms with E-state index >= 15 is 0 Å². The molecular formula is C20H18N2O5S. The summed E-state index contributed by atoms with van der Waals surface area (Å²) in [5, 5.41) is 11.8. The van der Waals surface area contributed by atoms with Crippen LogP contribution < -0.4 is 10.1 Å². The minimum atomic E-state index is -0.575. The summed E-state index contributed by atoms with van der Waals surface area (Å²) in [6.45, 7) is 1.38. The molecule has 0 aliphatic carbocycles. The molecule has 1 aliphatic rings. The van der Waals surface area contributed by atoms with Gasteiger partial charge >= 0.3 is 0 Å². The molecule has 3 amide bonds. The molecule has 1 aliphatic heterocycles. The number of thioether (sulfide) groups is 1. The lowest BCUT2D eigenvalue weighted by atomic mass is 10.2. The maximum Gasteiger partial charge on any atom is 0.294 e. The van der Waals surface area contributed by atoms with E-state index in [9.17, 15) is 19.5 Å². The van der Waals surface area contributed by atoms with Crippen LogP contribution in [0, 0.1) is 6.92 Å². The second-order valence-corrected chi connectivity index (χ2v) is 7.10. The summed E-state index contributed by atoms with van der Waals surface area (Å²) in [6, 6.07) is 11.8. The second kappa shape index (κ2) is 8.18. The topological polar surface area (TPSA) is 95.9 Å². The van der Waals surface area contributed by atoms with Crippen molar-refractivity contribution in [1.82, 2.24) is 4.90 Å². The van der Waals surface area contributed by atoms with Gasteiger partial charge in [-0.05, 0) is 60.2 Å². The maximum absolute atomic E-state index is 12.5. The van der Waals surface area contributed by atoms with Gasteiger partial charge in [-0.25, -0.2) is 0 Å². The van der Waals surface area contributed by atoms with E-state index in [-0.39, 0.29) is 16.3 Å². The van der Waals surface area contributed by atoms with Crippen LogP contribution in [-0.4, -0.2) is 40.7 Å². The summed E-state index contributed by atoms with van der Waals surface area (Å²) in [7, 11) is 1.56. The standard InChI is InChI=1S/C20H18N2O5S/c1-12-3-8-16(23)15(9-12)21-18(24)11-22-19(25)17(28-20(22)26)10-13-4-6-14(27-2)7-5-13/h3-10,23H,11H2,1-2H3,(H,21,24)/b17-10-. The molecule has 0 unspecified atom stereocenters. The number of amides is 3. The zero-order valence-corrected chi connectivity index (χ0v) is 16.1. The number of aromatic hydroxyl groups is 1. The molecule has 2 aromatic carbocycles. The van der Waals surface area contributed by atoms with Crippen molar-refractivity contribution in [3.63, 3.8) is 0 Å². The van der Waals surface area contributed by atoms with E-state index in [1.54, 1.807) is 49.6 Å². The summed E-state index contributed by atoms with van der Waals surface area (Å²) in [4.78, 5) is 38.0. The first-order chi connectivity index (χ1) is 13.4. The van der Waals surface area contributed by atoms with Crippen molar-refractivity contribution in [3.05, 3.63) is 58.5 Å². The molecule has 1 fully saturated rings. The van der Waals surface area contributed by atoms with Crippen molar-refractivity contribution in [2.45, 2.75) is 6.92 Å². The van der Waals surface area contributed by atoms with Gasteiger partial charge in [0.1, 0.15) is 18.0 Å². The molecule has 0 aromatic heterocycles. The molecule has 2 aromatic rings. The lowest BCUT2D eigenvalue weighted by Crippen LogP contribution is -2.36. The first-order valence-electron chi connectivity index (χ1n) is 8.36. The Kier molecular flexibility index (Phi) is 5.70. The van der Waals surface area contributed by atoms with Crippen LogP contribution in [0.25, 0.3) is 6.08 Å². The fraction of sp³-hybridized carbons (Fsp3) is 0.150. The Morgan fingerprint density at radius 3 is 2.61 bits per heavy atom. The zero-order valence-electron chi connectivity index (χ0n) is 15.3. The predicted molar refractivity (Wildman–Crippen MR) is 107 cm³/mol. The number of carbonyl (C=O) groups excluding carboxylic acids is 3. The maximum atomic E-state index is 12.5. The van der Waals surface area contributed by atoms with Gasteiger partial charge in [0.25, 0.3) is 11.1 Å². The number of ether oxygens (including phenoxy) is 1. The van der Waals surface area contributed by atoms with Gasteiger partial charge in [-0.1, -0.05) is 18.2 Å². The van der Waals surface area contributed by atoms with E-state index < -0.39 is 23.6 Å². The molecule has 2 N–H and O–H groups in total. The number of nitrogens with one attached hydrogen (secondary N) is 1. The Bertz CT molecular complexity index is 969. The Labute approximate surface area is 166 Å². The number of carbonyl (C=O) groups is 3. The van der Waals surface area contributed by atoms with Crippen LogP contribution in [-0.2, 0) is 9.59 Å². The number of rotatable bonds is 5. The average Bonchev–Trinajstić information content (AvgIpc) is 2.92. The molecule has 0 bridgehead atoms. The highest BCUT2D eigenvalue weighted by atomic mass is 32.2. The van der Waals surface area contributed by atoms with Gasteiger partial charge in [-0.15, -0.1) is 0 Å². The average molecular weight is 398 g/mol. The third-order valence-corrected chi connectivity index (χ3v) is 4.92. The Hall–Kier alpha value is -3.26. The number of hydrogen-bond donors (Lipinski definition) is 2. The number of hydrogen-bond acceptors (Lipinski definition) is 6. The lowest BCUT2D eigenvalue weighted by Gasteiger charge is -2.13. The molecule has 1 heterocycles. The zero-order chi connectivity index (χ0) is 20.3. The van der Waals surface area contributed by atoms with Crippen molar-refractivity contribution in [2.75, 3.05) is 19.0 Å². The van der Waals surface area contributed by atoms with Crippen LogP contribution in [0.4, 0.5) is 10.5 Å². The van der Waals surface area contributed by atoms with E-state index in [0.29, 0.717) is 5.75 Å². The highest BCUT2D eigenvalue weighted by Gasteiger charge is 2.36. The SMILES string of the molecule is COc1ccc(/C=C2\SC(=O)N(CC(=O)Nc3cc(C)ccc3O)C2=O)cc1. The van der Waals surface area contributed by atoms with E-state index in [0.717, 1.165) is 27.8 Å². The minimum Gasteiger partial charge on any atom is -0.506 e. The third kappa shape index (κ3) is 4.34. The number of phenolic OH excluding ortho intramolecular Hbond substituents is 1. The third-order valence-electron chi connectivity index (χ3n) is 4.02. The molecule has 0 spiro atoms. The van der Waals surface area contributed by atoms with Crippen LogP contribution in [0.15, 0.2) is 47.4 Å². The second-order valence-electron chi connectivity index (χ2n) is 6.11. The van der Waals surface area contributed by atoms with E-state index in [1.165, 1.54) is 6.07 Å². The summed E-state index contributed by atoms with van der Waals surface area (Å²) in [6.07, 6.45) is 1.59.